The Morgan fingerprint density at radius 1 is 1.46 bits per heavy atom. The third-order valence-corrected chi connectivity index (χ3v) is 2.02. The summed E-state index contributed by atoms with van der Waals surface area (Å²) < 4.78 is 1.90. The van der Waals surface area contributed by atoms with Gasteiger partial charge < -0.3 is 11.1 Å². The minimum Gasteiger partial charge on any atom is -0.394 e. The Kier molecular flexibility index (Phi) is 3.17. The van der Waals surface area contributed by atoms with Crippen LogP contribution in [0.2, 0.25) is 0 Å². The van der Waals surface area contributed by atoms with Gasteiger partial charge in [0, 0.05) is 13.1 Å². The first kappa shape index (κ1) is 9.89. The highest BCUT2D eigenvalue weighted by atomic mass is 15.3. The van der Waals surface area contributed by atoms with Gasteiger partial charge in [0.2, 0.25) is 0 Å². The van der Waals surface area contributed by atoms with Gasteiger partial charge in [-0.05, 0) is 20.3 Å². The first-order valence-corrected chi connectivity index (χ1v) is 4.77. The molecule has 0 aliphatic rings. The average Bonchev–Trinajstić information content (AvgIpc) is 2.40. The zero-order valence-corrected chi connectivity index (χ0v) is 8.59. The van der Waals surface area contributed by atoms with Crippen LogP contribution in [0.15, 0.2) is 0 Å². The quantitative estimate of drug-likeness (QED) is 0.744. The molecule has 1 aromatic rings. The number of nitrogens with one attached hydrogen (secondary N) is 1. The Hall–Kier alpha value is -1.19. The van der Waals surface area contributed by atoms with Crippen molar-refractivity contribution in [1.29, 1.82) is 0 Å². The highest BCUT2D eigenvalue weighted by Gasteiger charge is 2.09. The molecule has 0 bridgehead atoms. The van der Waals surface area contributed by atoms with Gasteiger partial charge in [-0.15, -0.1) is 0 Å². The number of rotatable bonds is 4. The van der Waals surface area contributed by atoms with Crippen LogP contribution in [0.5, 0.6) is 0 Å². The molecule has 0 unspecified atom stereocenters. The van der Waals surface area contributed by atoms with Gasteiger partial charge in [-0.25, -0.2) is 4.68 Å². The number of nitrogens with zero attached hydrogens (tertiary/aromatic N) is 2. The van der Waals surface area contributed by atoms with E-state index in [1.54, 1.807) is 0 Å². The van der Waals surface area contributed by atoms with Gasteiger partial charge in [0.25, 0.3) is 0 Å². The molecule has 0 saturated heterocycles. The molecule has 0 aliphatic heterocycles. The van der Waals surface area contributed by atoms with Gasteiger partial charge in [0.1, 0.15) is 5.82 Å². The van der Waals surface area contributed by atoms with E-state index in [4.69, 9.17) is 5.73 Å². The Morgan fingerprint density at radius 3 is 2.69 bits per heavy atom. The van der Waals surface area contributed by atoms with E-state index in [0.717, 1.165) is 36.7 Å². The van der Waals surface area contributed by atoms with Crippen LogP contribution in [0.3, 0.4) is 0 Å². The van der Waals surface area contributed by atoms with Gasteiger partial charge in [0.05, 0.1) is 11.4 Å². The number of aromatic nitrogens is 2. The second-order valence-corrected chi connectivity index (χ2v) is 3.09. The zero-order valence-electron chi connectivity index (χ0n) is 8.59. The number of nitrogens with two attached hydrogens (primary N) is 1. The second-order valence-electron chi connectivity index (χ2n) is 3.09. The van der Waals surface area contributed by atoms with Crippen molar-refractivity contribution in [2.24, 2.45) is 0 Å². The van der Waals surface area contributed by atoms with Gasteiger partial charge in [-0.2, -0.15) is 5.10 Å². The van der Waals surface area contributed by atoms with Crippen molar-refractivity contribution in [2.75, 3.05) is 17.6 Å². The lowest BCUT2D eigenvalue weighted by Crippen LogP contribution is -2.08. The fourth-order valence-electron chi connectivity index (χ4n) is 1.25. The smallest absolute Gasteiger partial charge is 0.148 e. The van der Waals surface area contributed by atoms with Crippen LogP contribution >= 0.6 is 0 Å². The maximum atomic E-state index is 5.87. The standard InChI is InChI=1S/C9H18N4/c1-4-6-11-9-8(10)7(3)12-13(9)5-2/h11H,4-6,10H2,1-3H3. The van der Waals surface area contributed by atoms with Crippen LogP contribution in [-0.2, 0) is 6.54 Å². The van der Waals surface area contributed by atoms with Crippen LogP contribution in [0.1, 0.15) is 26.0 Å². The summed E-state index contributed by atoms with van der Waals surface area (Å²) in [6, 6.07) is 0. The molecule has 1 heterocycles. The summed E-state index contributed by atoms with van der Waals surface area (Å²) in [7, 11) is 0. The summed E-state index contributed by atoms with van der Waals surface area (Å²) in [6.45, 7) is 7.91. The summed E-state index contributed by atoms with van der Waals surface area (Å²) in [6.07, 6.45) is 1.09. The molecular weight excluding hydrogens is 164 g/mol. The number of aryl methyl sites for hydroxylation is 2. The molecule has 0 radical (unpaired) electrons. The molecule has 1 aromatic heterocycles. The Morgan fingerprint density at radius 2 is 2.15 bits per heavy atom. The Bertz CT molecular complexity index is 277. The minimum atomic E-state index is 0.773. The SMILES string of the molecule is CCCNc1c(N)c(C)nn1CC. The fraction of sp³-hybridized carbons (Fsp3) is 0.667. The molecule has 0 fully saturated rings. The normalized spacial score (nSPS) is 10.4. The lowest BCUT2D eigenvalue weighted by atomic mass is 10.4. The third kappa shape index (κ3) is 1.94. The molecule has 4 nitrogen and oxygen atoms in total. The van der Waals surface area contributed by atoms with Crippen LogP contribution in [0.25, 0.3) is 0 Å². The maximum Gasteiger partial charge on any atom is 0.148 e. The monoisotopic (exact) mass is 182 g/mol. The second kappa shape index (κ2) is 4.16. The van der Waals surface area contributed by atoms with Gasteiger partial charge in [0.15, 0.2) is 0 Å². The summed E-state index contributed by atoms with van der Waals surface area (Å²) in [5, 5.41) is 7.59. The number of anilines is 2. The Balaban J connectivity index is 2.88. The molecule has 4 heteroatoms. The molecule has 0 atom stereocenters. The topological polar surface area (TPSA) is 55.9 Å². The average molecular weight is 182 g/mol. The predicted octanol–water partition coefficient (Wildman–Crippen LogP) is 1.62. The van der Waals surface area contributed by atoms with Crippen molar-refractivity contribution in [2.45, 2.75) is 33.7 Å². The molecule has 1 rings (SSSR count). The van der Waals surface area contributed by atoms with Crippen molar-refractivity contribution in [1.82, 2.24) is 9.78 Å². The molecular formula is C9H18N4. The number of nitrogen functional groups attached to an aromatic ring is 1. The van der Waals surface area contributed by atoms with E-state index >= 15 is 0 Å². The van der Waals surface area contributed by atoms with Crippen LogP contribution < -0.4 is 11.1 Å². The molecule has 13 heavy (non-hydrogen) atoms. The molecule has 0 spiro atoms. The van der Waals surface area contributed by atoms with Crippen LogP contribution in [0.4, 0.5) is 11.5 Å². The Labute approximate surface area is 79.1 Å². The zero-order chi connectivity index (χ0) is 9.84. The van der Waals surface area contributed by atoms with Gasteiger partial charge in [-0.1, -0.05) is 6.92 Å². The summed E-state index contributed by atoms with van der Waals surface area (Å²) >= 11 is 0. The predicted molar refractivity (Wildman–Crippen MR) is 55.8 cm³/mol. The van der Waals surface area contributed by atoms with Crippen molar-refractivity contribution < 1.29 is 0 Å². The van der Waals surface area contributed by atoms with Gasteiger partial charge >= 0.3 is 0 Å². The third-order valence-electron chi connectivity index (χ3n) is 2.02. The van der Waals surface area contributed by atoms with Crippen molar-refractivity contribution in [3.05, 3.63) is 5.69 Å². The highest BCUT2D eigenvalue weighted by molar-refractivity contribution is 5.64. The van der Waals surface area contributed by atoms with E-state index in [1.165, 1.54) is 0 Å². The summed E-state index contributed by atoms with van der Waals surface area (Å²) in [5.41, 5.74) is 7.55. The molecule has 74 valence electrons. The lowest BCUT2D eigenvalue weighted by Gasteiger charge is -2.07. The van der Waals surface area contributed by atoms with Crippen LogP contribution in [0, 0.1) is 6.92 Å². The molecule has 0 aliphatic carbocycles. The van der Waals surface area contributed by atoms with Gasteiger partial charge in [-0.3, -0.25) is 0 Å². The van der Waals surface area contributed by atoms with E-state index in [0.29, 0.717) is 0 Å². The molecule has 0 saturated carbocycles. The van der Waals surface area contributed by atoms with E-state index < -0.39 is 0 Å². The highest BCUT2D eigenvalue weighted by Crippen LogP contribution is 2.21. The number of hydrogen-bond donors (Lipinski definition) is 2. The van der Waals surface area contributed by atoms with Crippen LogP contribution in [-0.4, -0.2) is 16.3 Å². The first-order chi connectivity index (χ1) is 6.20. The lowest BCUT2D eigenvalue weighted by molar-refractivity contribution is 0.657. The summed E-state index contributed by atoms with van der Waals surface area (Å²) in [4.78, 5) is 0. The van der Waals surface area contributed by atoms with Crippen molar-refractivity contribution in [3.8, 4) is 0 Å². The van der Waals surface area contributed by atoms with E-state index in [9.17, 15) is 0 Å². The van der Waals surface area contributed by atoms with E-state index in [1.807, 2.05) is 11.6 Å². The fourth-order valence-corrected chi connectivity index (χ4v) is 1.25. The molecule has 3 N–H and O–H groups in total. The van der Waals surface area contributed by atoms with E-state index in [-0.39, 0.29) is 0 Å². The van der Waals surface area contributed by atoms with Crippen molar-refractivity contribution in [3.63, 3.8) is 0 Å². The van der Waals surface area contributed by atoms with Crippen molar-refractivity contribution >= 4 is 11.5 Å². The minimum absolute atomic E-state index is 0.773. The molecule has 0 amide bonds. The number of hydrogen-bond acceptors (Lipinski definition) is 3. The summed E-state index contributed by atoms with van der Waals surface area (Å²) in [5.74, 6) is 0.960. The van der Waals surface area contributed by atoms with E-state index in [2.05, 4.69) is 24.3 Å². The largest absolute Gasteiger partial charge is 0.394 e. The maximum absolute atomic E-state index is 5.87. The molecule has 0 aromatic carbocycles. The first-order valence-electron chi connectivity index (χ1n) is 4.77.